The molecule has 2 radical (unpaired) electrons. The van der Waals surface area contributed by atoms with Gasteiger partial charge < -0.3 is 0 Å². The van der Waals surface area contributed by atoms with Crippen LogP contribution in [0.3, 0.4) is 0 Å². The average Bonchev–Trinajstić information content (AvgIpc) is 3.86. The van der Waals surface area contributed by atoms with Gasteiger partial charge in [0.1, 0.15) is 0 Å². The van der Waals surface area contributed by atoms with E-state index < -0.39 is 20.8 Å². The summed E-state index contributed by atoms with van der Waals surface area (Å²) in [5.74, 6) is 0. The molecular formula is C56H60Cl2SiZr. The Morgan fingerprint density at radius 2 is 0.800 bits per heavy atom. The van der Waals surface area contributed by atoms with E-state index >= 15 is 0 Å². The van der Waals surface area contributed by atoms with E-state index in [0.29, 0.717) is 0 Å². The molecule has 8 rings (SSSR count). The van der Waals surface area contributed by atoms with Gasteiger partial charge in [0, 0.05) is 9.52 Å². The monoisotopic (exact) mass is 920 g/mol. The van der Waals surface area contributed by atoms with Crippen molar-refractivity contribution >= 4 is 48.1 Å². The Kier molecular flexibility index (Phi) is 18.9. The minimum atomic E-state index is -0.826. The molecule has 4 heteroatoms. The molecule has 0 saturated carbocycles. The van der Waals surface area contributed by atoms with E-state index in [1.165, 1.54) is 125 Å². The fraction of sp³-hybridized carbons (Fsp3) is 0.250. The van der Waals surface area contributed by atoms with Crippen LogP contribution in [0.25, 0.3) is 66.1 Å². The maximum absolute atomic E-state index is 4.93. The fourth-order valence-corrected chi connectivity index (χ4v) is 8.31. The second kappa shape index (κ2) is 24.0. The summed E-state index contributed by atoms with van der Waals surface area (Å²) in [6.07, 6.45) is 7.30. The van der Waals surface area contributed by atoms with Crippen LogP contribution >= 0.6 is 17.0 Å². The van der Waals surface area contributed by atoms with E-state index in [2.05, 4.69) is 200 Å². The molecule has 60 heavy (non-hydrogen) atoms. The van der Waals surface area contributed by atoms with Gasteiger partial charge in [-0.3, -0.25) is 0 Å². The SMILES string of the molecule is CCCCc1cc2c(-c3cc(C)cc(C)c3)c(-c3ccccc3)ccc2[cH-]1.CCCCc1cc2c(-c3cc(C)cc(C)c3)c(-c3ccccc3)ccc2[cH-]1.C[Si]C.[Cl][Zr+2][Cl]. The second-order valence-corrected chi connectivity index (χ2v) is 20.7. The Hall–Kier alpha value is -3.78. The van der Waals surface area contributed by atoms with Gasteiger partial charge in [-0.15, -0.1) is 56.9 Å². The van der Waals surface area contributed by atoms with Crippen LogP contribution in [0.15, 0.2) is 146 Å². The number of hydrogen-bond donors (Lipinski definition) is 0. The summed E-state index contributed by atoms with van der Waals surface area (Å²) < 4.78 is 0. The predicted molar refractivity (Wildman–Crippen MR) is 266 cm³/mol. The van der Waals surface area contributed by atoms with Crippen LogP contribution in [-0.2, 0) is 33.7 Å². The zero-order valence-corrected chi connectivity index (χ0v) is 41.8. The molecule has 0 N–H and O–H groups in total. The Morgan fingerprint density at radius 1 is 0.467 bits per heavy atom. The summed E-state index contributed by atoms with van der Waals surface area (Å²) in [5.41, 5.74) is 18.8. The fourth-order valence-electron chi connectivity index (χ4n) is 8.31. The summed E-state index contributed by atoms with van der Waals surface area (Å²) >= 11 is -0.826. The van der Waals surface area contributed by atoms with Crippen LogP contribution < -0.4 is 0 Å². The number of rotatable bonds is 10. The van der Waals surface area contributed by atoms with Gasteiger partial charge >= 0.3 is 37.9 Å². The minimum absolute atomic E-state index is 0.826. The molecular weight excluding hydrogens is 863 g/mol. The van der Waals surface area contributed by atoms with Gasteiger partial charge in [-0.2, -0.15) is 12.1 Å². The van der Waals surface area contributed by atoms with Crippen LogP contribution in [0.4, 0.5) is 0 Å². The van der Waals surface area contributed by atoms with Gasteiger partial charge in [0.25, 0.3) is 0 Å². The summed E-state index contributed by atoms with van der Waals surface area (Å²) in [4.78, 5) is 0. The normalized spacial score (nSPS) is 10.6. The predicted octanol–water partition coefficient (Wildman–Crippen LogP) is 17.9. The zero-order valence-electron chi connectivity index (χ0n) is 36.9. The van der Waals surface area contributed by atoms with Crippen molar-refractivity contribution in [1.29, 1.82) is 0 Å². The molecule has 0 aliphatic carbocycles. The number of fused-ring (bicyclic) bond motifs is 2. The first kappa shape index (κ1) is 47.3. The molecule has 0 spiro atoms. The molecule has 0 fully saturated rings. The van der Waals surface area contributed by atoms with Crippen LogP contribution in [-0.4, -0.2) is 9.52 Å². The Bertz CT molecular complexity index is 2330. The van der Waals surface area contributed by atoms with E-state index in [1.807, 2.05) is 0 Å². The summed E-state index contributed by atoms with van der Waals surface area (Å²) in [6, 6.07) is 54.1. The van der Waals surface area contributed by atoms with Crippen molar-refractivity contribution in [1.82, 2.24) is 0 Å². The molecule has 0 atom stereocenters. The topological polar surface area (TPSA) is 0 Å². The number of halogens is 2. The third-order valence-electron chi connectivity index (χ3n) is 10.7. The van der Waals surface area contributed by atoms with Crippen molar-refractivity contribution in [3.63, 3.8) is 0 Å². The van der Waals surface area contributed by atoms with Crippen molar-refractivity contribution in [2.24, 2.45) is 0 Å². The molecule has 0 unspecified atom stereocenters. The Balaban J connectivity index is 0.000000201. The first-order valence-electron chi connectivity index (χ1n) is 21.4. The quantitative estimate of drug-likeness (QED) is 0.0947. The first-order chi connectivity index (χ1) is 29.1. The molecule has 8 aromatic carbocycles. The number of unbranched alkanes of at least 4 members (excludes halogenated alkanes) is 2. The van der Waals surface area contributed by atoms with Crippen LogP contribution in [0.5, 0.6) is 0 Å². The number of benzene rings is 6. The molecule has 306 valence electrons. The van der Waals surface area contributed by atoms with E-state index in [4.69, 9.17) is 17.0 Å². The second-order valence-electron chi connectivity index (χ2n) is 16.0. The summed E-state index contributed by atoms with van der Waals surface area (Å²) in [5, 5.41) is 5.48. The van der Waals surface area contributed by atoms with Gasteiger partial charge in [-0.25, -0.2) is 0 Å². The van der Waals surface area contributed by atoms with E-state index in [0.717, 1.165) is 22.4 Å². The van der Waals surface area contributed by atoms with Gasteiger partial charge in [0.15, 0.2) is 0 Å². The summed E-state index contributed by atoms with van der Waals surface area (Å²) in [6.45, 7) is 17.6. The molecule has 0 aliphatic heterocycles. The third kappa shape index (κ3) is 12.6. The van der Waals surface area contributed by atoms with E-state index in [-0.39, 0.29) is 0 Å². The number of aryl methyl sites for hydroxylation is 6. The number of hydrogen-bond acceptors (Lipinski definition) is 0. The van der Waals surface area contributed by atoms with Crippen molar-refractivity contribution in [2.75, 3.05) is 0 Å². The van der Waals surface area contributed by atoms with Crippen molar-refractivity contribution in [2.45, 2.75) is 93.2 Å². The molecule has 0 saturated heterocycles. The van der Waals surface area contributed by atoms with E-state index in [9.17, 15) is 0 Å². The van der Waals surface area contributed by atoms with Crippen LogP contribution in [0.2, 0.25) is 13.1 Å². The molecule has 0 heterocycles. The summed E-state index contributed by atoms with van der Waals surface area (Å²) in [7, 11) is 11.0. The Morgan fingerprint density at radius 3 is 1.12 bits per heavy atom. The third-order valence-corrected chi connectivity index (χ3v) is 10.7. The molecule has 0 bridgehead atoms. The standard InChI is InChI=1S/2C27H27.C2H6Si.2ClH.Zr/c2*1-4-5-9-21-17-23-12-13-25(22-10-7-6-8-11-22)27(26(23)18-21)24-15-19(2)14-20(3)16-24;1-3-2;;;/h2*6-8,10-18H,4-5,9H2,1-3H3;1-2H3;2*1H;/q2*-1;;;;+4/p-2. The molecule has 8 aromatic rings. The molecule has 0 aliphatic rings. The molecule has 0 amide bonds. The van der Waals surface area contributed by atoms with Crippen molar-refractivity contribution < 1.29 is 20.8 Å². The van der Waals surface area contributed by atoms with Gasteiger partial charge in [-0.1, -0.05) is 195 Å². The van der Waals surface area contributed by atoms with Crippen molar-refractivity contribution in [3.05, 3.63) is 179 Å². The Labute approximate surface area is 382 Å². The van der Waals surface area contributed by atoms with Crippen molar-refractivity contribution in [3.8, 4) is 44.5 Å². The van der Waals surface area contributed by atoms with Gasteiger partial charge in [0.05, 0.1) is 0 Å². The zero-order chi connectivity index (χ0) is 43.0. The van der Waals surface area contributed by atoms with E-state index in [1.54, 1.807) is 0 Å². The van der Waals surface area contributed by atoms with Crippen LogP contribution in [0, 0.1) is 27.7 Å². The first-order valence-corrected chi connectivity index (χ1v) is 29.7. The maximum atomic E-state index is 4.93. The van der Waals surface area contributed by atoms with Gasteiger partial charge in [-0.05, 0) is 73.9 Å². The molecule has 0 nitrogen and oxygen atoms in total. The van der Waals surface area contributed by atoms with Gasteiger partial charge in [0.2, 0.25) is 0 Å². The molecule has 0 aromatic heterocycles. The average molecular weight is 923 g/mol. The van der Waals surface area contributed by atoms with Crippen LogP contribution in [0.1, 0.15) is 72.9 Å².